The lowest BCUT2D eigenvalue weighted by molar-refractivity contribution is -0.891. The Hall–Kier alpha value is -1.68. The van der Waals surface area contributed by atoms with E-state index in [9.17, 15) is 106 Å². The van der Waals surface area contributed by atoms with Crippen LogP contribution in [0.2, 0.25) is 0 Å². The van der Waals surface area contributed by atoms with Crippen molar-refractivity contribution in [3.05, 3.63) is 0 Å². The average Bonchev–Trinajstić information content (AvgIpc) is 2.88. The molecule has 0 heterocycles. The number of hydrogen-bond acceptors (Lipinski definition) is 4. The van der Waals surface area contributed by atoms with E-state index in [1.807, 2.05) is 0 Å². The van der Waals surface area contributed by atoms with Gasteiger partial charge in [0.25, 0.3) is 10.0 Å². The van der Waals surface area contributed by atoms with Crippen LogP contribution in [0.15, 0.2) is 0 Å². The van der Waals surface area contributed by atoms with Gasteiger partial charge in [-0.1, -0.05) is 0 Å². The Balaban J connectivity index is 6.59. The van der Waals surface area contributed by atoms with Gasteiger partial charge in [0.05, 0.1) is 39.9 Å². The third-order valence-electron chi connectivity index (χ3n) is 6.33. The first-order valence-electron chi connectivity index (χ1n) is 11.7. The quantitative estimate of drug-likeness (QED) is 0.0997. The van der Waals surface area contributed by atoms with Crippen molar-refractivity contribution < 1.29 is 115 Å². The molecule has 0 aliphatic carbocycles. The molecule has 6 nitrogen and oxygen atoms in total. The van der Waals surface area contributed by atoms with Gasteiger partial charge in [-0.05, 0) is 0 Å². The molecule has 3 N–H and O–H groups in total. The van der Waals surface area contributed by atoms with Crippen LogP contribution < -0.4 is 4.72 Å². The Morgan fingerprint density at radius 3 is 1.21 bits per heavy atom. The highest BCUT2D eigenvalue weighted by molar-refractivity contribution is 7.90. The molecule has 28 heteroatoms. The molecule has 0 rings (SSSR count). The maximum Gasteiger partial charge on any atom is 0.460 e. The van der Waals surface area contributed by atoms with Crippen LogP contribution >= 0.6 is 0 Å². The fraction of sp³-hybridized carbons (Fsp3) is 1.00. The summed E-state index contributed by atoms with van der Waals surface area (Å²) >= 11 is 0. The molecule has 47 heavy (non-hydrogen) atoms. The second kappa shape index (κ2) is 12.9. The molecular formula is C19H22F21N2O4S+. The highest BCUT2D eigenvalue weighted by Crippen LogP contribution is 2.66. The molecule has 0 saturated heterocycles. The van der Waals surface area contributed by atoms with Gasteiger partial charge in [0, 0.05) is 19.4 Å². The van der Waals surface area contributed by atoms with Gasteiger partial charge in [-0.2, -0.15) is 92.2 Å². The topological polar surface area (TPSA) is 86.6 Å². The lowest BCUT2D eigenvalue weighted by Gasteiger charge is -2.44. The summed E-state index contributed by atoms with van der Waals surface area (Å²) in [5.41, 5.74) is 0. The van der Waals surface area contributed by atoms with Crippen LogP contribution in [0.3, 0.4) is 0 Å². The summed E-state index contributed by atoms with van der Waals surface area (Å²) in [6.45, 7) is -2.67. The zero-order valence-corrected chi connectivity index (χ0v) is 23.6. The fourth-order valence-electron chi connectivity index (χ4n) is 3.22. The normalized spacial score (nSPS) is 16.9. The molecule has 0 bridgehead atoms. The second-order valence-corrected chi connectivity index (χ2v) is 12.2. The lowest BCUT2D eigenvalue weighted by Crippen LogP contribution is -2.77. The van der Waals surface area contributed by atoms with Gasteiger partial charge in [-0.15, -0.1) is 0 Å². The smallest absolute Gasteiger partial charge is 0.394 e. The van der Waals surface area contributed by atoms with Crippen LogP contribution in [-0.2, 0) is 10.0 Å². The minimum atomic E-state index is -9.37. The molecular weight excluding hydrogens is 751 g/mol. The molecule has 0 aromatic carbocycles. The van der Waals surface area contributed by atoms with E-state index in [0.29, 0.717) is 4.72 Å². The number of hydrogen-bond donors (Lipinski definition) is 3. The highest BCUT2D eigenvalue weighted by atomic mass is 32.2. The third kappa shape index (κ3) is 7.16. The Morgan fingerprint density at radius 2 is 0.894 bits per heavy atom. The lowest BCUT2D eigenvalue weighted by atomic mass is 9.87. The van der Waals surface area contributed by atoms with Crippen molar-refractivity contribution >= 4 is 10.0 Å². The van der Waals surface area contributed by atoms with Crippen molar-refractivity contribution in [2.75, 3.05) is 40.3 Å². The van der Waals surface area contributed by atoms with Crippen molar-refractivity contribution in [2.24, 2.45) is 0 Å². The predicted octanol–water partition coefficient (Wildman–Crippen LogP) is 5.35. The Labute approximate surface area is 249 Å². The molecule has 0 saturated carbocycles. The van der Waals surface area contributed by atoms with Crippen LogP contribution in [0.25, 0.3) is 0 Å². The van der Waals surface area contributed by atoms with Crippen molar-refractivity contribution in [3.8, 4) is 0 Å². The van der Waals surface area contributed by atoms with Gasteiger partial charge >= 0.3 is 58.8 Å². The molecule has 1 atom stereocenters. The molecule has 284 valence electrons. The first-order chi connectivity index (χ1) is 20.2. The molecule has 1 unspecified atom stereocenters. The van der Waals surface area contributed by atoms with Crippen molar-refractivity contribution in [1.29, 1.82) is 0 Å². The molecule has 0 aliphatic heterocycles. The van der Waals surface area contributed by atoms with E-state index < -0.39 is 94.5 Å². The van der Waals surface area contributed by atoms with Crippen LogP contribution in [0, 0.1) is 0 Å². The monoisotopic (exact) mass is 773 g/mol. The maximum absolute atomic E-state index is 14.1. The first kappa shape index (κ1) is 45.3. The minimum Gasteiger partial charge on any atom is -0.394 e. The second-order valence-electron chi connectivity index (χ2n) is 10.4. The van der Waals surface area contributed by atoms with Gasteiger partial charge < -0.3 is 14.7 Å². The highest BCUT2D eigenvalue weighted by Gasteiger charge is 2.98. The van der Waals surface area contributed by atoms with Gasteiger partial charge in [0.1, 0.15) is 0 Å². The summed E-state index contributed by atoms with van der Waals surface area (Å²) in [6.07, 6.45) is -10.3. The van der Waals surface area contributed by atoms with E-state index in [4.69, 9.17) is 5.11 Å². The average molecular weight is 773 g/mol. The molecule has 0 aromatic rings. The number of halogens is 21. The number of nitrogens with zero attached hydrogens (tertiary/aromatic N) is 1. The number of sulfonamides is 1. The number of alkyl halides is 21. The van der Waals surface area contributed by atoms with E-state index >= 15 is 0 Å². The summed E-state index contributed by atoms with van der Waals surface area (Å²) in [4.78, 5) is 0. The van der Waals surface area contributed by atoms with Gasteiger partial charge in [-0.25, -0.2) is 13.1 Å². The van der Waals surface area contributed by atoms with Crippen LogP contribution in [0.5, 0.6) is 0 Å². The number of nitrogens with one attached hydrogen (secondary N) is 1. The number of quaternary nitrogens is 1. The molecule has 0 radical (unpaired) electrons. The van der Waals surface area contributed by atoms with Gasteiger partial charge in [0.15, 0.2) is 0 Å². The first-order valence-corrected chi connectivity index (χ1v) is 13.2. The maximum atomic E-state index is 14.1. The Bertz CT molecular complexity index is 1190. The summed E-state index contributed by atoms with van der Waals surface area (Å²) in [5, 5.41) is 10.2. The molecule has 0 spiro atoms. The zero-order chi connectivity index (χ0) is 38.5. The van der Waals surface area contributed by atoms with Crippen molar-refractivity contribution in [1.82, 2.24) is 4.72 Å². The Kier molecular flexibility index (Phi) is 12.4. The third-order valence-corrected chi connectivity index (χ3v) is 7.85. The molecule has 0 aromatic heterocycles. The van der Waals surface area contributed by atoms with E-state index in [0.717, 1.165) is 0 Å². The predicted molar refractivity (Wildman–Crippen MR) is 112 cm³/mol. The van der Waals surface area contributed by atoms with E-state index in [-0.39, 0.29) is 24.0 Å². The van der Waals surface area contributed by atoms with Crippen LogP contribution in [0.1, 0.15) is 12.8 Å². The van der Waals surface area contributed by atoms with Crippen molar-refractivity contribution in [2.45, 2.75) is 77.8 Å². The van der Waals surface area contributed by atoms with E-state index in [1.54, 1.807) is 0 Å². The van der Waals surface area contributed by atoms with Crippen molar-refractivity contribution in [3.63, 3.8) is 0 Å². The zero-order valence-electron chi connectivity index (χ0n) is 22.8. The summed E-state index contributed by atoms with van der Waals surface area (Å²) in [7, 11) is -4.94. The van der Waals surface area contributed by atoms with E-state index in [1.165, 1.54) is 14.1 Å². The summed E-state index contributed by atoms with van der Waals surface area (Å²) in [5.74, 6) is -72.4. The molecule has 0 fully saturated rings. The molecule has 0 amide bonds. The molecule has 0 aliphatic rings. The van der Waals surface area contributed by atoms with Gasteiger partial charge in [0.2, 0.25) is 0 Å². The summed E-state index contributed by atoms with van der Waals surface area (Å²) in [6, 6.07) is 0. The number of aliphatic hydroxyl groups excluding tert-OH is 2. The fourth-order valence-corrected chi connectivity index (χ4v) is 4.28. The Morgan fingerprint density at radius 1 is 0.574 bits per heavy atom. The standard InChI is InChI=1S/C19H22F21N2O4S/c1-42(2,7-4-9(44)8-43)6-3-5-41-47(45,46)19(39,40)17(34,35)15(30,31)13(26,27)11(22,23)10(20,21)12(24,25)14(28,29)16(32,33)18(36,37)38/h9,41,43-44H,3-8H2,1-2H3/q+1. The van der Waals surface area contributed by atoms with Crippen LogP contribution in [0.4, 0.5) is 92.2 Å². The van der Waals surface area contributed by atoms with Gasteiger partial charge in [-0.3, -0.25) is 0 Å². The number of rotatable bonds is 18. The minimum absolute atomic E-state index is 0.0678. The summed E-state index contributed by atoms with van der Waals surface area (Å²) < 4.78 is 306. The number of aliphatic hydroxyl groups is 2. The SMILES string of the molecule is C[N+](C)(CCCNS(=O)(=O)C(F)(F)C(F)(F)C(F)(F)C(F)(F)C(F)(F)C(F)(F)C(F)(F)C(F)(F)C(F)(F)C(F)(F)F)CCC(O)CO. The van der Waals surface area contributed by atoms with Crippen LogP contribution in [-0.4, -0.2) is 128 Å². The largest absolute Gasteiger partial charge is 0.460 e. The van der Waals surface area contributed by atoms with E-state index in [2.05, 4.69) is 0 Å².